The molecule has 0 radical (unpaired) electrons. The first-order valence-corrected chi connectivity index (χ1v) is 16.6. The van der Waals surface area contributed by atoms with Crippen LogP contribution in [0.4, 0.5) is 0 Å². The maximum Gasteiger partial charge on any atom is 0.262 e. The minimum atomic E-state index is -3.83. The van der Waals surface area contributed by atoms with E-state index in [9.17, 15) is 16.8 Å². The Balaban J connectivity index is 0.000000245. The van der Waals surface area contributed by atoms with Crippen LogP contribution >= 0.6 is 0 Å². The van der Waals surface area contributed by atoms with Crippen LogP contribution in [-0.4, -0.2) is 81.3 Å². The molecule has 0 atom stereocenters. The molecule has 4 aromatic rings. The summed E-state index contributed by atoms with van der Waals surface area (Å²) in [6.07, 6.45) is 3.28. The van der Waals surface area contributed by atoms with Gasteiger partial charge in [-0.3, -0.25) is 9.36 Å². The normalized spacial score (nSPS) is 15.6. The summed E-state index contributed by atoms with van der Waals surface area (Å²) in [7, 11) is -4.31. The van der Waals surface area contributed by atoms with Gasteiger partial charge in [-0.25, -0.2) is 22.0 Å². The number of nitrogens with two attached hydrogens (primary N) is 1. The van der Waals surface area contributed by atoms with Crippen molar-refractivity contribution >= 4 is 20.0 Å². The van der Waals surface area contributed by atoms with E-state index in [0.717, 1.165) is 22.6 Å². The van der Waals surface area contributed by atoms with Crippen molar-refractivity contribution in [2.24, 2.45) is 5.14 Å². The Bertz CT molecular complexity index is 1700. The number of rotatable bonds is 11. The van der Waals surface area contributed by atoms with Crippen molar-refractivity contribution in [3.63, 3.8) is 0 Å². The first-order chi connectivity index (χ1) is 21.1. The molecular weight excluding hydrogens is 612 g/mol. The van der Waals surface area contributed by atoms with E-state index in [1.165, 1.54) is 10.4 Å². The molecular formula is C28H34N6O8S2. The average molecular weight is 647 g/mol. The van der Waals surface area contributed by atoms with Crippen LogP contribution in [0, 0.1) is 0 Å². The van der Waals surface area contributed by atoms with E-state index in [0.29, 0.717) is 26.4 Å². The van der Waals surface area contributed by atoms with Gasteiger partial charge in [-0.15, -0.1) is 0 Å². The minimum absolute atomic E-state index is 0.0291. The summed E-state index contributed by atoms with van der Waals surface area (Å²) in [5, 5.41) is 13.0. The third kappa shape index (κ3) is 7.46. The fourth-order valence-corrected chi connectivity index (χ4v) is 6.11. The monoisotopic (exact) mass is 646 g/mol. The Kier molecular flexibility index (Phi) is 9.67. The summed E-state index contributed by atoms with van der Waals surface area (Å²) in [6, 6.07) is 17.9. The van der Waals surface area contributed by atoms with Crippen LogP contribution in [0.15, 0.2) is 83.1 Å². The Morgan fingerprint density at radius 3 is 1.48 bits per heavy atom. The Labute approximate surface area is 256 Å². The number of sulfonamides is 2. The minimum Gasteiger partial charge on any atom is -0.497 e. The highest BCUT2D eigenvalue weighted by molar-refractivity contribution is 7.89. The van der Waals surface area contributed by atoms with E-state index in [1.54, 1.807) is 42.0 Å². The van der Waals surface area contributed by atoms with Crippen LogP contribution in [0.3, 0.4) is 0 Å². The molecule has 2 fully saturated rings. The van der Waals surface area contributed by atoms with Crippen molar-refractivity contribution in [3.8, 4) is 11.5 Å². The quantitative estimate of drug-likeness (QED) is 0.254. The zero-order valence-corrected chi connectivity index (χ0v) is 25.9. The average Bonchev–Trinajstić information content (AvgIpc) is 3.63. The van der Waals surface area contributed by atoms with Crippen LogP contribution < -0.4 is 14.6 Å². The molecule has 14 nitrogen and oxygen atoms in total. The smallest absolute Gasteiger partial charge is 0.262 e. The molecule has 44 heavy (non-hydrogen) atoms. The Morgan fingerprint density at radius 2 is 1.14 bits per heavy atom. The van der Waals surface area contributed by atoms with E-state index >= 15 is 0 Å². The summed E-state index contributed by atoms with van der Waals surface area (Å²) in [5.41, 5.74) is 1.70. The third-order valence-corrected chi connectivity index (χ3v) is 9.57. The molecule has 0 spiro atoms. The summed E-state index contributed by atoms with van der Waals surface area (Å²) in [5.74, 6) is 1.43. The highest BCUT2D eigenvalue weighted by atomic mass is 32.2. The van der Waals surface area contributed by atoms with Gasteiger partial charge in [0.25, 0.3) is 20.0 Å². The summed E-state index contributed by atoms with van der Waals surface area (Å²) in [6.45, 7) is 2.65. The Hall–Kier alpha value is -3.80. The van der Waals surface area contributed by atoms with E-state index in [-0.39, 0.29) is 35.2 Å². The van der Waals surface area contributed by atoms with Gasteiger partial charge >= 0.3 is 0 Å². The van der Waals surface area contributed by atoms with Gasteiger partial charge in [0.15, 0.2) is 10.1 Å². The van der Waals surface area contributed by atoms with Gasteiger partial charge in [0, 0.05) is 25.5 Å². The predicted octanol–water partition coefficient (Wildman–Crippen LogP) is 1.96. The molecule has 2 aromatic heterocycles. The van der Waals surface area contributed by atoms with Gasteiger partial charge in [0.1, 0.15) is 11.5 Å². The van der Waals surface area contributed by atoms with Gasteiger partial charge in [0.2, 0.25) is 0 Å². The topological polar surface area (TPSA) is 170 Å². The highest BCUT2D eigenvalue weighted by Crippen LogP contribution is 2.24. The van der Waals surface area contributed by atoms with Crippen LogP contribution in [0.25, 0.3) is 0 Å². The number of methoxy groups -OCH3 is 2. The molecule has 16 heteroatoms. The fraction of sp³-hybridized carbons (Fsp3) is 0.357. The number of ether oxygens (including phenoxy) is 4. The first kappa shape index (κ1) is 31.6. The second-order valence-electron chi connectivity index (χ2n) is 10.2. The van der Waals surface area contributed by atoms with Crippen molar-refractivity contribution in [2.45, 2.75) is 35.2 Å². The molecule has 236 valence electrons. The van der Waals surface area contributed by atoms with E-state index < -0.39 is 20.0 Å². The second-order valence-corrected chi connectivity index (χ2v) is 13.6. The zero-order chi connectivity index (χ0) is 31.3. The highest BCUT2D eigenvalue weighted by Gasteiger charge is 2.30. The van der Waals surface area contributed by atoms with Crippen molar-refractivity contribution in [3.05, 3.63) is 84.2 Å². The van der Waals surface area contributed by atoms with Crippen LogP contribution in [0.1, 0.15) is 23.2 Å². The SMILES string of the molecule is COc1ccc(CN(Cc2ccc(OC)cc2)S(=O)(=O)c2ccn(C3COC3)n2)cc1.NS(=O)(=O)c1ccn(C2COC2)n1. The van der Waals surface area contributed by atoms with Crippen LogP contribution in [-0.2, 0) is 42.6 Å². The molecule has 2 aliphatic rings. The lowest BCUT2D eigenvalue weighted by atomic mass is 10.2. The lowest BCUT2D eigenvalue weighted by Crippen LogP contribution is -2.32. The van der Waals surface area contributed by atoms with E-state index in [2.05, 4.69) is 10.2 Å². The van der Waals surface area contributed by atoms with Crippen molar-refractivity contribution in [2.75, 3.05) is 40.6 Å². The second kappa shape index (κ2) is 13.5. The maximum absolute atomic E-state index is 13.5. The number of benzene rings is 2. The van der Waals surface area contributed by atoms with Gasteiger partial charge in [0.05, 0.1) is 52.7 Å². The molecule has 0 amide bonds. The lowest BCUT2D eigenvalue weighted by molar-refractivity contribution is -0.0291. The molecule has 4 heterocycles. The molecule has 2 aliphatic heterocycles. The summed E-state index contributed by atoms with van der Waals surface area (Å²) in [4.78, 5) is 0. The van der Waals surface area contributed by atoms with Gasteiger partial charge in [-0.05, 0) is 47.5 Å². The molecule has 6 rings (SSSR count). The lowest BCUT2D eigenvalue weighted by Gasteiger charge is -2.26. The van der Waals surface area contributed by atoms with Gasteiger partial charge < -0.3 is 18.9 Å². The number of nitrogens with zero attached hydrogens (tertiary/aromatic N) is 5. The zero-order valence-electron chi connectivity index (χ0n) is 24.2. The molecule has 0 bridgehead atoms. The van der Waals surface area contributed by atoms with E-state index in [4.69, 9.17) is 24.1 Å². The molecule has 2 N–H and O–H groups in total. The summed E-state index contributed by atoms with van der Waals surface area (Å²) < 4.78 is 73.9. The fourth-order valence-electron chi connectivity index (χ4n) is 4.32. The van der Waals surface area contributed by atoms with Gasteiger partial charge in [-0.1, -0.05) is 24.3 Å². The summed E-state index contributed by atoms with van der Waals surface area (Å²) >= 11 is 0. The van der Waals surface area contributed by atoms with Crippen LogP contribution in [0.5, 0.6) is 11.5 Å². The maximum atomic E-state index is 13.5. The molecule has 0 saturated carbocycles. The van der Waals surface area contributed by atoms with Crippen molar-refractivity contribution in [1.82, 2.24) is 23.9 Å². The molecule has 0 aliphatic carbocycles. The molecule has 2 aromatic carbocycles. The Morgan fingerprint density at radius 1 is 0.727 bits per heavy atom. The molecule has 0 unspecified atom stereocenters. The number of aromatic nitrogens is 4. The largest absolute Gasteiger partial charge is 0.497 e. The standard InChI is InChI=1S/C22H25N3O5S.C6H9N3O3S/c1-28-20-7-3-17(4-8-20)13-24(14-18-5-9-21(29-2)10-6-18)31(26,27)22-11-12-25(23-22)19-15-30-16-19;7-13(10,11)6-1-2-9(8-6)5-3-12-4-5/h3-12,19H,13-16H2,1-2H3;1-2,5H,3-4H2,(H2,7,10,11). The number of primary sulfonamides is 1. The number of hydrogen-bond donors (Lipinski definition) is 1. The van der Waals surface area contributed by atoms with E-state index in [1.807, 2.05) is 48.5 Å². The van der Waals surface area contributed by atoms with Crippen molar-refractivity contribution in [1.29, 1.82) is 0 Å². The van der Waals surface area contributed by atoms with Crippen LogP contribution in [0.2, 0.25) is 0 Å². The predicted molar refractivity (Wildman–Crippen MR) is 158 cm³/mol. The van der Waals surface area contributed by atoms with Gasteiger partial charge in [-0.2, -0.15) is 14.5 Å². The number of hydrogen-bond acceptors (Lipinski definition) is 10. The molecule has 2 saturated heterocycles. The first-order valence-electron chi connectivity index (χ1n) is 13.6. The third-order valence-electron chi connectivity index (χ3n) is 7.09. The van der Waals surface area contributed by atoms with Crippen molar-refractivity contribution < 1.29 is 35.8 Å².